The number of hydrogen-bond acceptors (Lipinski definition) is 1. The molecule has 0 heterocycles. The minimum absolute atomic E-state index is 0.190. The van der Waals surface area contributed by atoms with Crippen LogP contribution in [0.1, 0.15) is 31.4 Å². The number of amides is 2. The van der Waals surface area contributed by atoms with Gasteiger partial charge in [0.05, 0.1) is 6.04 Å². The van der Waals surface area contributed by atoms with Crippen LogP contribution in [-0.4, -0.2) is 24.0 Å². The lowest BCUT2D eigenvalue weighted by molar-refractivity contribution is 0.203. The first kappa shape index (κ1) is 13.1. The zero-order valence-corrected chi connectivity index (χ0v) is 11.2. The molecule has 1 fully saturated rings. The minimum Gasteiger partial charge on any atom is -0.331 e. The molecule has 2 rings (SSSR count). The van der Waals surface area contributed by atoms with Gasteiger partial charge < -0.3 is 10.2 Å². The van der Waals surface area contributed by atoms with E-state index in [1.54, 1.807) is 31.0 Å². The van der Waals surface area contributed by atoms with E-state index >= 15 is 0 Å². The Balaban J connectivity index is 2.07. The van der Waals surface area contributed by atoms with Gasteiger partial charge in [-0.1, -0.05) is 17.7 Å². The van der Waals surface area contributed by atoms with Crippen molar-refractivity contribution < 1.29 is 9.18 Å². The second-order valence-corrected chi connectivity index (χ2v) is 5.06. The maximum absolute atomic E-state index is 13.7. The number of halogens is 2. The summed E-state index contributed by atoms with van der Waals surface area (Å²) in [5.41, 5.74) is 0.330. The van der Waals surface area contributed by atoms with Crippen molar-refractivity contribution in [3.8, 4) is 0 Å². The lowest BCUT2D eigenvalue weighted by Gasteiger charge is -2.22. The third-order valence-electron chi connectivity index (χ3n) is 3.19. The molecule has 0 saturated heterocycles. The Labute approximate surface area is 111 Å². The summed E-state index contributed by atoms with van der Waals surface area (Å²) in [6, 6.07) is 4.19. The van der Waals surface area contributed by atoms with Crippen LogP contribution < -0.4 is 5.32 Å². The van der Waals surface area contributed by atoms with Gasteiger partial charge in [-0.3, -0.25) is 0 Å². The Kier molecular flexibility index (Phi) is 3.76. The topological polar surface area (TPSA) is 32.3 Å². The highest BCUT2D eigenvalue weighted by molar-refractivity contribution is 6.31. The second kappa shape index (κ2) is 5.14. The van der Waals surface area contributed by atoms with Crippen molar-refractivity contribution in [1.82, 2.24) is 10.2 Å². The number of urea groups is 1. The number of hydrogen-bond donors (Lipinski definition) is 1. The van der Waals surface area contributed by atoms with Crippen LogP contribution in [0, 0.1) is 5.82 Å². The fraction of sp³-hybridized carbons (Fsp3) is 0.462. The first-order valence-corrected chi connectivity index (χ1v) is 6.35. The van der Waals surface area contributed by atoms with Crippen molar-refractivity contribution in [2.45, 2.75) is 31.8 Å². The number of nitrogens with zero attached hydrogens (tertiary/aromatic N) is 1. The summed E-state index contributed by atoms with van der Waals surface area (Å²) in [5.74, 6) is -0.399. The average Bonchev–Trinajstić information content (AvgIpc) is 3.11. The summed E-state index contributed by atoms with van der Waals surface area (Å²) in [5, 5.41) is 3.09. The molecule has 18 heavy (non-hydrogen) atoms. The van der Waals surface area contributed by atoms with E-state index in [4.69, 9.17) is 11.6 Å². The molecule has 1 N–H and O–H groups in total. The van der Waals surface area contributed by atoms with E-state index in [2.05, 4.69) is 5.32 Å². The Bertz CT molecular complexity index is 442. The summed E-state index contributed by atoms with van der Waals surface area (Å²) in [4.78, 5) is 13.5. The molecule has 1 aromatic carbocycles. The molecule has 3 nitrogen and oxygen atoms in total. The average molecular weight is 271 g/mol. The van der Waals surface area contributed by atoms with Crippen LogP contribution in [-0.2, 0) is 0 Å². The number of benzene rings is 1. The molecule has 98 valence electrons. The minimum atomic E-state index is -0.451. The third-order valence-corrected chi connectivity index (χ3v) is 3.52. The molecule has 1 atom stereocenters. The Morgan fingerprint density at radius 2 is 2.22 bits per heavy atom. The molecule has 0 unspecified atom stereocenters. The molecular formula is C13H16ClFN2O. The van der Waals surface area contributed by atoms with Gasteiger partial charge in [0.25, 0.3) is 0 Å². The van der Waals surface area contributed by atoms with E-state index < -0.39 is 11.9 Å². The molecule has 0 spiro atoms. The van der Waals surface area contributed by atoms with Gasteiger partial charge in [-0.2, -0.15) is 0 Å². The van der Waals surface area contributed by atoms with Gasteiger partial charge in [0.1, 0.15) is 5.82 Å². The van der Waals surface area contributed by atoms with Crippen LogP contribution >= 0.6 is 11.6 Å². The predicted molar refractivity (Wildman–Crippen MR) is 69.1 cm³/mol. The van der Waals surface area contributed by atoms with Crippen molar-refractivity contribution in [3.05, 3.63) is 34.6 Å². The highest BCUT2D eigenvalue weighted by Gasteiger charge is 2.30. The fourth-order valence-corrected chi connectivity index (χ4v) is 2.24. The van der Waals surface area contributed by atoms with E-state index in [0.717, 1.165) is 12.8 Å². The van der Waals surface area contributed by atoms with Crippen LogP contribution in [0.3, 0.4) is 0 Å². The van der Waals surface area contributed by atoms with Crippen molar-refractivity contribution in [2.75, 3.05) is 7.05 Å². The molecule has 5 heteroatoms. The van der Waals surface area contributed by atoms with Crippen LogP contribution in [0.15, 0.2) is 18.2 Å². The van der Waals surface area contributed by atoms with Crippen molar-refractivity contribution >= 4 is 17.6 Å². The molecule has 1 aliphatic rings. The van der Waals surface area contributed by atoms with Gasteiger partial charge in [-0.05, 0) is 31.9 Å². The molecule has 1 saturated carbocycles. The molecule has 0 aliphatic heterocycles. The van der Waals surface area contributed by atoms with Gasteiger partial charge in [0, 0.05) is 23.7 Å². The maximum Gasteiger partial charge on any atom is 0.317 e. The Morgan fingerprint density at radius 1 is 1.56 bits per heavy atom. The van der Waals surface area contributed by atoms with Crippen LogP contribution in [0.2, 0.25) is 5.02 Å². The monoisotopic (exact) mass is 270 g/mol. The van der Waals surface area contributed by atoms with E-state index in [1.807, 2.05) is 0 Å². The number of nitrogens with one attached hydrogen (secondary N) is 1. The van der Waals surface area contributed by atoms with E-state index in [9.17, 15) is 9.18 Å². The second-order valence-electron chi connectivity index (χ2n) is 4.65. The molecule has 1 aromatic rings. The normalized spacial score (nSPS) is 16.2. The SMILES string of the molecule is C[C@@H](NC(=O)N(C)C1CC1)c1c(F)cccc1Cl. The van der Waals surface area contributed by atoms with Gasteiger partial charge in [0.2, 0.25) is 0 Å². The first-order valence-electron chi connectivity index (χ1n) is 5.98. The van der Waals surface area contributed by atoms with Crippen LogP contribution in [0.25, 0.3) is 0 Å². The lowest BCUT2D eigenvalue weighted by Crippen LogP contribution is -2.40. The molecule has 0 radical (unpaired) electrons. The quantitative estimate of drug-likeness (QED) is 0.898. The summed E-state index contributed by atoms with van der Waals surface area (Å²) in [7, 11) is 1.75. The van der Waals surface area contributed by atoms with Gasteiger partial charge >= 0.3 is 6.03 Å². The third kappa shape index (κ3) is 2.75. The number of rotatable bonds is 3. The number of carbonyl (C=O) groups excluding carboxylic acids is 1. The van der Waals surface area contributed by atoms with E-state index in [0.29, 0.717) is 16.6 Å². The van der Waals surface area contributed by atoms with Gasteiger partial charge in [0.15, 0.2) is 0 Å². The van der Waals surface area contributed by atoms with Gasteiger partial charge in [-0.25, -0.2) is 9.18 Å². The number of carbonyl (C=O) groups is 1. The van der Waals surface area contributed by atoms with Crippen LogP contribution in [0.4, 0.5) is 9.18 Å². The van der Waals surface area contributed by atoms with Crippen molar-refractivity contribution in [1.29, 1.82) is 0 Å². The smallest absolute Gasteiger partial charge is 0.317 e. The largest absolute Gasteiger partial charge is 0.331 e. The van der Waals surface area contributed by atoms with Crippen molar-refractivity contribution in [3.63, 3.8) is 0 Å². The Morgan fingerprint density at radius 3 is 2.78 bits per heavy atom. The Hall–Kier alpha value is -1.29. The predicted octanol–water partition coefficient (Wildman–Crippen LogP) is 3.34. The highest BCUT2D eigenvalue weighted by atomic mass is 35.5. The van der Waals surface area contributed by atoms with E-state index in [-0.39, 0.29) is 6.03 Å². The van der Waals surface area contributed by atoms with Gasteiger partial charge in [-0.15, -0.1) is 0 Å². The molecule has 0 bridgehead atoms. The summed E-state index contributed by atoms with van der Waals surface area (Å²) in [6.45, 7) is 1.73. The summed E-state index contributed by atoms with van der Waals surface area (Å²) >= 11 is 5.96. The summed E-state index contributed by atoms with van der Waals surface area (Å²) < 4.78 is 13.7. The molecule has 1 aliphatic carbocycles. The van der Waals surface area contributed by atoms with Crippen LogP contribution in [0.5, 0.6) is 0 Å². The standard InChI is InChI=1S/C13H16ClFN2O/c1-8(12-10(14)4-3-5-11(12)15)16-13(18)17(2)9-6-7-9/h3-5,8-9H,6-7H2,1-2H3,(H,16,18)/t8-/m1/s1. The maximum atomic E-state index is 13.7. The van der Waals surface area contributed by atoms with E-state index in [1.165, 1.54) is 6.07 Å². The first-order chi connectivity index (χ1) is 8.50. The fourth-order valence-electron chi connectivity index (χ4n) is 1.91. The zero-order chi connectivity index (χ0) is 13.3. The zero-order valence-electron chi connectivity index (χ0n) is 10.4. The lowest BCUT2D eigenvalue weighted by atomic mass is 10.1. The molecule has 2 amide bonds. The summed E-state index contributed by atoms with van der Waals surface area (Å²) in [6.07, 6.45) is 2.08. The molecular weight excluding hydrogens is 255 g/mol. The molecule has 0 aromatic heterocycles. The van der Waals surface area contributed by atoms with Crippen molar-refractivity contribution in [2.24, 2.45) is 0 Å². The highest BCUT2D eigenvalue weighted by Crippen LogP contribution is 2.28.